The highest BCUT2D eigenvalue weighted by Gasteiger charge is 2.35. The van der Waals surface area contributed by atoms with Crippen LogP contribution < -0.4 is 4.74 Å². The second kappa shape index (κ2) is 8.21. The monoisotopic (exact) mass is 428 g/mol. The van der Waals surface area contributed by atoms with Crippen LogP contribution in [0.25, 0.3) is 6.08 Å². The Morgan fingerprint density at radius 3 is 2.69 bits per heavy atom. The Morgan fingerprint density at radius 2 is 1.96 bits per heavy atom. The van der Waals surface area contributed by atoms with Gasteiger partial charge in [0.05, 0.1) is 11.4 Å². The zero-order valence-electron chi connectivity index (χ0n) is 13.5. The number of imide groups is 1. The lowest BCUT2D eigenvalue weighted by atomic mass is 10.1. The maximum atomic E-state index is 12.6. The van der Waals surface area contributed by atoms with Crippen LogP contribution in [0.2, 0.25) is 0 Å². The first kappa shape index (κ1) is 18.2. The topological polar surface area (TPSA) is 70.4 Å². The molecule has 1 aliphatic rings. The second-order valence-corrected chi connectivity index (χ2v) is 7.29. The number of nitriles is 1. The zero-order chi connectivity index (χ0) is 18.5. The van der Waals surface area contributed by atoms with Gasteiger partial charge in [-0.15, -0.1) is 0 Å². The van der Waals surface area contributed by atoms with Crippen molar-refractivity contribution in [3.63, 3.8) is 0 Å². The van der Waals surface area contributed by atoms with Gasteiger partial charge >= 0.3 is 0 Å². The summed E-state index contributed by atoms with van der Waals surface area (Å²) in [6.07, 6.45) is 1.62. The number of thioether (sulfide) groups is 1. The van der Waals surface area contributed by atoms with Crippen molar-refractivity contribution in [3.8, 4) is 11.8 Å². The van der Waals surface area contributed by atoms with E-state index in [0.29, 0.717) is 16.2 Å². The van der Waals surface area contributed by atoms with Crippen LogP contribution in [0.5, 0.6) is 5.75 Å². The number of nitrogens with zero attached hydrogens (tertiary/aromatic N) is 2. The summed E-state index contributed by atoms with van der Waals surface area (Å²) in [6, 6.07) is 16.5. The Morgan fingerprint density at radius 1 is 1.19 bits per heavy atom. The number of halogens is 1. The summed E-state index contributed by atoms with van der Waals surface area (Å²) in [5.41, 5.74) is 1.51. The van der Waals surface area contributed by atoms with E-state index in [1.165, 1.54) is 4.90 Å². The summed E-state index contributed by atoms with van der Waals surface area (Å²) in [6.45, 7) is 0.136. The molecule has 7 heteroatoms. The molecular weight excluding hydrogens is 416 g/mol. The van der Waals surface area contributed by atoms with E-state index < -0.39 is 0 Å². The summed E-state index contributed by atoms with van der Waals surface area (Å²) >= 11 is 4.28. The first-order valence-electron chi connectivity index (χ1n) is 7.67. The van der Waals surface area contributed by atoms with Crippen molar-refractivity contribution in [2.45, 2.75) is 6.54 Å². The third kappa shape index (κ3) is 4.15. The molecule has 0 aromatic heterocycles. The molecule has 1 heterocycles. The van der Waals surface area contributed by atoms with E-state index in [1.807, 2.05) is 36.4 Å². The number of benzene rings is 2. The molecule has 26 heavy (non-hydrogen) atoms. The maximum absolute atomic E-state index is 12.6. The molecule has 1 saturated heterocycles. The molecule has 0 aliphatic carbocycles. The molecule has 0 unspecified atom stereocenters. The second-order valence-electron chi connectivity index (χ2n) is 5.38. The third-order valence-electron chi connectivity index (χ3n) is 3.61. The molecular formula is C19H13BrN2O3S. The Balaban J connectivity index is 1.86. The number of rotatable bonds is 5. The lowest BCUT2D eigenvalue weighted by molar-refractivity contribution is -0.123. The van der Waals surface area contributed by atoms with Gasteiger partial charge in [0.2, 0.25) is 0 Å². The highest BCUT2D eigenvalue weighted by Crippen LogP contribution is 2.35. The van der Waals surface area contributed by atoms with Crippen molar-refractivity contribution in [1.82, 2.24) is 4.90 Å². The van der Waals surface area contributed by atoms with Crippen LogP contribution in [-0.4, -0.2) is 22.7 Å². The predicted molar refractivity (Wildman–Crippen MR) is 103 cm³/mol. The standard InChI is InChI=1S/C19H13BrN2O3S/c20-15-6-7-16(25-9-8-21)14(10-15)11-17-18(23)22(19(24)26-17)12-13-4-2-1-3-5-13/h1-7,10-11H,9,12H2/b17-11-. The van der Waals surface area contributed by atoms with Gasteiger partial charge in [0.25, 0.3) is 11.1 Å². The molecule has 0 saturated carbocycles. The molecule has 0 spiro atoms. The molecule has 1 fully saturated rings. The predicted octanol–water partition coefficient (Wildman–Crippen LogP) is 4.59. The van der Waals surface area contributed by atoms with Gasteiger partial charge in [-0.05, 0) is 41.6 Å². The van der Waals surface area contributed by atoms with E-state index in [1.54, 1.807) is 24.3 Å². The quantitative estimate of drug-likeness (QED) is 0.651. The summed E-state index contributed by atoms with van der Waals surface area (Å²) in [4.78, 5) is 26.4. The van der Waals surface area contributed by atoms with E-state index in [4.69, 9.17) is 10.00 Å². The largest absolute Gasteiger partial charge is 0.478 e. The van der Waals surface area contributed by atoms with Crippen LogP contribution >= 0.6 is 27.7 Å². The van der Waals surface area contributed by atoms with Gasteiger partial charge in [0, 0.05) is 10.0 Å². The van der Waals surface area contributed by atoms with Crippen LogP contribution in [0.3, 0.4) is 0 Å². The first-order valence-corrected chi connectivity index (χ1v) is 9.28. The maximum Gasteiger partial charge on any atom is 0.293 e. The van der Waals surface area contributed by atoms with E-state index in [-0.39, 0.29) is 24.3 Å². The minimum atomic E-state index is -0.338. The highest BCUT2D eigenvalue weighted by molar-refractivity contribution is 9.10. The van der Waals surface area contributed by atoms with Crippen LogP contribution in [0.1, 0.15) is 11.1 Å². The number of hydrogen-bond donors (Lipinski definition) is 0. The normalized spacial score (nSPS) is 15.4. The third-order valence-corrected chi connectivity index (χ3v) is 5.01. The van der Waals surface area contributed by atoms with Crippen molar-refractivity contribution in [1.29, 1.82) is 5.26 Å². The summed E-state index contributed by atoms with van der Waals surface area (Å²) in [5, 5.41) is 8.39. The van der Waals surface area contributed by atoms with Gasteiger partial charge in [-0.1, -0.05) is 46.3 Å². The minimum absolute atomic E-state index is 0.0992. The van der Waals surface area contributed by atoms with E-state index in [9.17, 15) is 9.59 Å². The summed E-state index contributed by atoms with van der Waals surface area (Å²) in [5.74, 6) is 0.139. The molecule has 0 bridgehead atoms. The fraction of sp³-hybridized carbons (Fsp3) is 0.105. The average Bonchev–Trinajstić information content (AvgIpc) is 2.89. The van der Waals surface area contributed by atoms with Crippen molar-refractivity contribution >= 4 is 44.9 Å². The number of carbonyl (C=O) groups excluding carboxylic acids is 2. The van der Waals surface area contributed by atoms with Gasteiger partial charge < -0.3 is 4.74 Å². The highest BCUT2D eigenvalue weighted by atomic mass is 79.9. The lowest BCUT2D eigenvalue weighted by Crippen LogP contribution is -2.27. The van der Waals surface area contributed by atoms with E-state index in [0.717, 1.165) is 21.8 Å². The van der Waals surface area contributed by atoms with Gasteiger partial charge in [0.15, 0.2) is 6.61 Å². The smallest absolute Gasteiger partial charge is 0.293 e. The molecule has 5 nitrogen and oxygen atoms in total. The van der Waals surface area contributed by atoms with Gasteiger partial charge in [0.1, 0.15) is 11.8 Å². The number of carbonyl (C=O) groups is 2. The zero-order valence-corrected chi connectivity index (χ0v) is 15.9. The molecule has 3 rings (SSSR count). The van der Waals surface area contributed by atoms with Crippen molar-refractivity contribution in [2.24, 2.45) is 0 Å². The van der Waals surface area contributed by atoms with E-state index >= 15 is 0 Å². The Bertz CT molecular complexity index is 922. The Labute approximate surface area is 163 Å². The fourth-order valence-corrected chi connectivity index (χ4v) is 3.63. The molecule has 0 N–H and O–H groups in total. The van der Waals surface area contributed by atoms with Crippen molar-refractivity contribution in [2.75, 3.05) is 6.61 Å². The molecule has 2 aromatic carbocycles. The number of amides is 2. The molecule has 2 aromatic rings. The van der Waals surface area contributed by atoms with Gasteiger partial charge in [-0.25, -0.2) is 0 Å². The van der Waals surface area contributed by atoms with Crippen molar-refractivity contribution in [3.05, 3.63) is 69.0 Å². The summed E-state index contributed by atoms with van der Waals surface area (Å²) in [7, 11) is 0. The molecule has 1 aliphatic heterocycles. The van der Waals surface area contributed by atoms with Crippen LogP contribution in [0.4, 0.5) is 4.79 Å². The van der Waals surface area contributed by atoms with Gasteiger partial charge in [-0.2, -0.15) is 5.26 Å². The molecule has 130 valence electrons. The van der Waals surface area contributed by atoms with Crippen LogP contribution in [0.15, 0.2) is 57.9 Å². The minimum Gasteiger partial charge on any atom is -0.478 e. The van der Waals surface area contributed by atoms with Gasteiger partial charge in [-0.3, -0.25) is 14.5 Å². The van der Waals surface area contributed by atoms with Crippen LogP contribution in [-0.2, 0) is 11.3 Å². The number of ether oxygens (including phenoxy) is 1. The molecule has 0 atom stereocenters. The Hall–Kier alpha value is -2.56. The average molecular weight is 429 g/mol. The Kier molecular flexibility index (Phi) is 5.76. The molecule has 2 amide bonds. The van der Waals surface area contributed by atoms with Crippen LogP contribution in [0, 0.1) is 11.3 Å². The van der Waals surface area contributed by atoms with Crippen molar-refractivity contribution < 1.29 is 14.3 Å². The fourth-order valence-electron chi connectivity index (χ4n) is 2.42. The SMILES string of the molecule is N#CCOc1ccc(Br)cc1/C=C1\SC(=O)N(Cc2ccccc2)C1=O. The molecule has 0 radical (unpaired) electrons. The first-order chi connectivity index (χ1) is 12.6. The lowest BCUT2D eigenvalue weighted by Gasteiger charge is -2.12. The summed E-state index contributed by atoms with van der Waals surface area (Å²) < 4.78 is 6.19. The number of hydrogen-bond acceptors (Lipinski definition) is 5. The van der Waals surface area contributed by atoms with E-state index in [2.05, 4.69) is 15.9 Å².